The third kappa shape index (κ3) is 5.03. The number of benzene rings is 2. The van der Waals surface area contributed by atoms with E-state index in [9.17, 15) is 10.1 Å². The molecule has 0 radical (unpaired) electrons. The molecule has 2 fully saturated rings. The summed E-state index contributed by atoms with van der Waals surface area (Å²) in [6, 6.07) is 23.8. The van der Waals surface area contributed by atoms with E-state index in [2.05, 4.69) is 71.3 Å². The van der Waals surface area contributed by atoms with Crippen LogP contribution in [0.4, 0.5) is 0 Å². The highest BCUT2D eigenvalue weighted by Crippen LogP contribution is 2.29. The highest BCUT2D eigenvalue weighted by Gasteiger charge is 2.29. The predicted octanol–water partition coefficient (Wildman–Crippen LogP) is 4.20. The molecular weight excluding hydrogens is 396 g/mol. The van der Waals surface area contributed by atoms with Crippen LogP contribution in [0.15, 0.2) is 72.4 Å². The Kier molecular flexibility index (Phi) is 7.24. The van der Waals surface area contributed by atoms with Crippen LogP contribution in [0.3, 0.4) is 0 Å². The highest BCUT2D eigenvalue weighted by atomic mass is 16.2. The van der Waals surface area contributed by atoms with Crippen molar-refractivity contribution in [2.24, 2.45) is 0 Å². The van der Waals surface area contributed by atoms with Gasteiger partial charge in [0.15, 0.2) is 0 Å². The summed E-state index contributed by atoms with van der Waals surface area (Å²) in [6.07, 6.45) is 5.25. The fraction of sp³-hybridized carbons (Fsp3) is 0.407. The van der Waals surface area contributed by atoms with Gasteiger partial charge in [-0.05, 0) is 37.3 Å². The molecule has 0 saturated carbocycles. The second-order valence-electron chi connectivity index (χ2n) is 8.79. The molecule has 2 aliphatic heterocycles. The van der Waals surface area contributed by atoms with Crippen LogP contribution in [0.2, 0.25) is 0 Å². The van der Waals surface area contributed by atoms with Gasteiger partial charge in [0.05, 0.1) is 6.04 Å². The lowest BCUT2D eigenvalue weighted by Crippen LogP contribution is -2.50. The molecule has 0 spiro atoms. The monoisotopic (exact) mass is 428 g/mol. The highest BCUT2D eigenvalue weighted by molar-refractivity contribution is 5.97. The van der Waals surface area contributed by atoms with Crippen LogP contribution in [0, 0.1) is 11.3 Å². The quantitative estimate of drug-likeness (QED) is 0.529. The number of carbonyl (C=O) groups excluding carboxylic acids is 1. The molecule has 2 saturated heterocycles. The number of nitrogens with zero attached hydrogens (tertiary/aromatic N) is 4. The van der Waals surface area contributed by atoms with Gasteiger partial charge in [0.2, 0.25) is 0 Å². The Balaban J connectivity index is 1.46. The Morgan fingerprint density at radius 1 is 0.938 bits per heavy atom. The summed E-state index contributed by atoms with van der Waals surface area (Å²) in [7, 11) is 0. The van der Waals surface area contributed by atoms with Crippen molar-refractivity contribution >= 4 is 5.91 Å². The van der Waals surface area contributed by atoms with E-state index in [4.69, 9.17) is 0 Å². The molecule has 0 N–H and O–H groups in total. The summed E-state index contributed by atoms with van der Waals surface area (Å²) in [5.74, 6) is -0.138. The van der Waals surface area contributed by atoms with Crippen molar-refractivity contribution in [3.63, 3.8) is 0 Å². The van der Waals surface area contributed by atoms with Gasteiger partial charge in [0.25, 0.3) is 5.91 Å². The minimum absolute atomic E-state index is 0.138. The normalized spacial score (nSPS) is 20.3. The zero-order chi connectivity index (χ0) is 22.3. The number of hydrogen-bond donors (Lipinski definition) is 0. The minimum Gasteiger partial charge on any atom is -0.373 e. The maximum absolute atomic E-state index is 13.1. The molecule has 2 aromatic carbocycles. The topological polar surface area (TPSA) is 50.6 Å². The largest absolute Gasteiger partial charge is 0.373 e. The lowest BCUT2D eigenvalue weighted by molar-refractivity contribution is -0.128. The number of hydrogen-bond acceptors (Lipinski definition) is 4. The maximum Gasteiger partial charge on any atom is 0.266 e. The lowest BCUT2D eigenvalue weighted by Gasteiger charge is -2.40. The Hall–Kier alpha value is -3.10. The fourth-order valence-electron chi connectivity index (χ4n) is 4.85. The van der Waals surface area contributed by atoms with Gasteiger partial charge in [-0.25, -0.2) is 0 Å². The van der Waals surface area contributed by atoms with Crippen molar-refractivity contribution in [3.05, 3.63) is 83.6 Å². The zero-order valence-corrected chi connectivity index (χ0v) is 18.9. The van der Waals surface area contributed by atoms with Crippen molar-refractivity contribution in [1.29, 1.82) is 5.26 Å². The van der Waals surface area contributed by atoms with Crippen LogP contribution in [0.1, 0.15) is 43.4 Å². The predicted molar refractivity (Wildman–Crippen MR) is 127 cm³/mol. The molecule has 5 nitrogen and oxygen atoms in total. The third-order valence-corrected chi connectivity index (χ3v) is 6.70. The van der Waals surface area contributed by atoms with Crippen molar-refractivity contribution in [2.45, 2.75) is 38.3 Å². The number of carbonyl (C=O) groups is 1. The zero-order valence-electron chi connectivity index (χ0n) is 18.9. The Morgan fingerprint density at radius 3 is 2.06 bits per heavy atom. The van der Waals surface area contributed by atoms with E-state index in [1.807, 2.05) is 17.0 Å². The first-order valence-corrected chi connectivity index (χ1v) is 11.7. The standard InChI is InChI=1S/C27H32N4O/c1-22-10-8-9-15-31(22)21-25(20-28)27(32)30-18-16-29(17-19-30)26(23-11-4-2-5-12-23)24-13-6-3-7-14-24/h2-7,11-14,21-22,26H,8-10,15-19H2,1H3/b25-21-. The second kappa shape index (κ2) is 10.5. The Labute approximate surface area is 191 Å². The van der Waals surface area contributed by atoms with Crippen molar-refractivity contribution in [3.8, 4) is 6.07 Å². The van der Waals surface area contributed by atoms with E-state index in [1.165, 1.54) is 17.5 Å². The Morgan fingerprint density at radius 2 is 1.53 bits per heavy atom. The molecule has 0 bridgehead atoms. The van der Waals surface area contributed by atoms with Crippen molar-refractivity contribution in [1.82, 2.24) is 14.7 Å². The number of amides is 1. The first-order valence-electron chi connectivity index (χ1n) is 11.7. The van der Waals surface area contributed by atoms with Gasteiger partial charge in [0.1, 0.15) is 11.6 Å². The molecule has 1 unspecified atom stereocenters. The first kappa shape index (κ1) is 22.1. The SMILES string of the molecule is CC1CCCCN1/C=C(/C#N)C(=O)N1CCN(C(c2ccccc2)c2ccccc2)CC1. The van der Waals surface area contributed by atoms with Crippen LogP contribution in [-0.4, -0.2) is 59.4 Å². The van der Waals surface area contributed by atoms with Gasteiger partial charge >= 0.3 is 0 Å². The van der Waals surface area contributed by atoms with E-state index in [0.29, 0.717) is 19.1 Å². The fourth-order valence-corrected chi connectivity index (χ4v) is 4.85. The van der Waals surface area contributed by atoms with Gasteiger partial charge in [-0.2, -0.15) is 5.26 Å². The number of likely N-dealkylation sites (tertiary alicyclic amines) is 1. The maximum atomic E-state index is 13.1. The number of piperidine rings is 1. The molecule has 2 aliphatic rings. The van der Waals surface area contributed by atoms with Gasteiger partial charge in [-0.15, -0.1) is 0 Å². The molecular formula is C27H32N4O. The van der Waals surface area contributed by atoms with Gasteiger partial charge < -0.3 is 9.80 Å². The van der Waals surface area contributed by atoms with Crippen molar-refractivity contribution < 1.29 is 4.79 Å². The number of rotatable bonds is 5. The lowest BCUT2D eigenvalue weighted by atomic mass is 9.96. The minimum atomic E-state index is -0.138. The third-order valence-electron chi connectivity index (χ3n) is 6.70. The molecule has 5 heteroatoms. The van der Waals surface area contributed by atoms with Crippen LogP contribution >= 0.6 is 0 Å². The van der Waals surface area contributed by atoms with E-state index in [1.54, 1.807) is 6.20 Å². The van der Waals surface area contributed by atoms with Gasteiger partial charge in [-0.3, -0.25) is 9.69 Å². The number of nitriles is 1. The summed E-state index contributed by atoms with van der Waals surface area (Å²) in [6.45, 7) is 5.90. The summed E-state index contributed by atoms with van der Waals surface area (Å²) in [5.41, 5.74) is 2.78. The molecule has 0 aromatic heterocycles. The molecule has 4 rings (SSSR count). The molecule has 166 valence electrons. The summed E-state index contributed by atoms with van der Waals surface area (Å²) >= 11 is 0. The van der Waals surface area contributed by atoms with Crippen molar-refractivity contribution in [2.75, 3.05) is 32.7 Å². The van der Waals surface area contributed by atoms with Gasteiger partial charge in [0, 0.05) is 45.0 Å². The average Bonchev–Trinajstić information content (AvgIpc) is 2.85. The summed E-state index contributed by atoms with van der Waals surface area (Å²) < 4.78 is 0. The molecule has 32 heavy (non-hydrogen) atoms. The number of piperazine rings is 1. The smallest absolute Gasteiger partial charge is 0.266 e. The second-order valence-corrected chi connectivity index (χ2v) is 8.79. The molecule has 1 atom stereocenters. The average molecular weight is 429 g/mol. The van der Waals surface area contributed by atoms with Crippen LogP contribution in [0.25, 0.3) is 0 Å². The van der Waals surface area contributed by atoms with E-state index >= 15 is 0 Å². The van der Waals surface area contributed by atoms with E-state index in [-0.39, 0.29) is 17.5 Å². The summed E-state index contributed by atoms with van der Waals surface area (Å²) in [4.78, 5) is 19.6. The van der Waals surface area contributed by atoms with Gasteiger partial charge in [-0.1, -0.05) is 60.7 Å². The molecule has 1 amide bonds. The molecule has 0 aliphatic carbocycles. The molecule has 2 heterocycles. The Bertz CT molecular complexity index is 919. The van der Waals surface area contributed by atoms with E-state index < -0.39 is 0 Å². The van der Waals surface area contributed by atoms with Crippen LogP contribution < -0.4 is 0 Å². The van der Waals surface area contributed by atoms with Crippen LogP contribution in [-0.2, 0) is 4.79 Å². The first-order chi connectivity index (χ1) is 15.7. The molecule has 2 aromatic rings. The van der Waals surface area contributed by atoms with Crippen LogP contribution in [0.5, 0.6) is 0 Å². The summed E-state index contributed by atoms with van der Waals surface area (Å²) in [5, 5.41) is 9.68. The van der Waals surface area contributed by atoms with E-state index in [0.717, 1.165) is 32.5 Å².